The van der Waals surface area contributed by atoms with E-state index in [0.29, 0.717) is 5.92 Å². The monoisotopic (exact) mass is 256 g/mol. The molecule has 106 valence electrons. The molecule has 3 N–H and O–H groups in total. The number of nitrogens with two attached hydrogens (primary N) is 1. The van der Waals surface area contributed by atoms with Crippen LogP contribution in [0.15, 0.2) is 0 Å². The maximum Gasteiger partial charge on any atom is 0.0613 e. The van der Waals surface area contributed by atoms with E-state index in [9.17, 15) is 5.11 Å². The van der Waals surface area contributed by atoms with Crippen molar-refractivity contribution >= 4 is 0 Å². The fourth-order valence-electron chi connectivity index (χ4n) is 3.26. The van der Waals surface area contributed by atoms with E-state index in [4.69, 9.17) is 10.5 Å². The second-order valence-corrected chi connectivity index (χ2v) is 6.03. The van der Waals surface area contributed by atoms with E-state index in [2.05, 4.69) is 4.90 Å². The third-order valence-electron chi connectivity index (χ3n) is 4.71. The van der Waals surface area contributed by atoms with Crippen LogP contribution in [0.3, 0.4) is 0 Å². The highest BCUT2D eigenvalue weighted by atomic mass is 16.5. The lowest BCUT2D eigenvalue weighted by molar-refractivity contribution is 0.121. The van der Waals surface area contributed by atoms with E-state index in [1.54, 1.807) is 7.11 Å². The summed E-state index contributed by atoms with van der Waals surface area (Å²) in [6.45, 7) is 3.09. The van der Waals surface area contributed by atoms with Gasteiger partial charge in [-0.15, -0.1) is 0 Å². The molecule has 0 amide bonds. The number of aliphatic hydroxyl groups excluding tert-OH is 1. The standard InChI is InChI=1S/C14H28N2O2/c1-18-10-9-16(13-4-5-13)8-6-12-3-2-7-14(12,15)11-17/h12-13,17H,2-11,15H2,1H3. The summed E-state index contributed by atoms with van der Waals surface area (Å²) in [4.78, 5) is 2.54. The summed E-state index contributed by atoms with van der Waals surface area (Å²) in [5, 5.41) is 9.47. The van der Waals surface area contributed by atoms with Gasteiger partial charge in [0.05, 0.1) is 13.2 Å². The average Bonchev–Trinajstić information content (AvgIpc) is 3.15. The van der Waals surface area contributed by atoms with Crippen LogP contribution >= 0.6 is 0 Å². The molecule has 2 aliphatic carbocycles. The molecule has 0 aliphatic heterocycles. The van der Waals surface area contributed by atoms with Crippen LogP contribution in [0.1, 0.15) is 38.5 Å². The van der Waals surface area contributed by atoms with Crippen molar-refractivity contribution in [2.45, 2.75) is 50.1 Å². The zero-order valence-corrected chi connectivity index (χ0v) is 11.6. The Kier molecular flexibility index (Phi) is 5.01. The van der Waals surface area contributed by atoms with Gasteiger partial charge in [0, 0.05) is 25.2 Å². The number of rotatable bonds is 8. The average molecular weight is 256 g/mol. The number of nitrogens with zero attached hydrogens (tertiary/aromatic N) is 1. The van der Waals surface area contributed by atoms with Crippen LogP contribution < -0.4 is 5.73 Å². The summed E-state index contributed by atoms with van der Waals surface area (Å²) in [6, 6.07) is 0.780. The van der Waals surface area contributed by atoms with Crippen LogP contribution in [-0.4, -0.2) is 55.0 Å². The van der Waals surface area contributed by atoms with E-state index in [0.717, 1.165) is 38.6 Å². The molecule has 18 heavy (non-hydrogen) atoms. The molecule has 0 aromatic heterocycles. The van der Waals surface area contributed by atoms with Gasteiger partial charge >= 0.3 is 0 Å². The predicted octanol–water partition coefficient (Wildman–Crippen LogP) is 0.977. The van der Waals surface area contributed by atoms with E-state index in [1.165, 1.54) is 25.7 Å². The summed E-state index contributed by atoms with van der Waals surface area (Å²) in [5.41, 5.74) is 5.98. The summed E-state index contributed by atoms with van der Waals surface area (Å²) < 4.78 is 5.18. The fraction of sp³-hybridized carbons (Fsp3) is 1.00. The van der Waals surface area contributed by atoms with Gasteiger partial charge in [0.2, 0.25) is 0 Å². The van der Waals surface area contributed by atoms with E-state index >= 15 is 0 Å². The summed E-state index contributed by atoms with van der Waals surface area (Å²) >= 11 is 0. The van der Waals surface area contributed by atoms with Crippen molar-refractivity contribution in [2.24, 2.45) is 11.7 Å². The van der Waals surface area contributed by atoms with Crippen LogP contribution in [-0.2, 0) is 4.74 Å². The molecule has 0 heterocycles. The molecule has 0 bridgehead atoms. The van der Waals surface area contributed by atoms with Gasteiger partial charge in [-0.25, -0.2) is 0 Å². The van der Waals surface area contributed by atoms with Crippen LogP contribution in [0.25, 0.3) is 0 Å². The highest BCUT2D eigenvalue weighted by Gasteiger charge is 2.39. The number of methoxy groups -OCH3 is 1. The van der Waals surface area contributed by atoms with Crippen molar-refractivity contribution in [1.29, 1.82) is 0 Å². The first-order valence-corrected chi connectivity index (χ1v) is 7.32. The molecule has 0 spiro atoms. The molecule has 2 saturated carbocycles. The van der Waals surface area contributed by atoms with Crippen molar-refractivity contribution in [3.8, 4) is 0 Å². The highest BCUT2D eigenvalue weighted by molar-refractivity contribution is 4.97. The number of hydrogen-bond acceptors (Lipinski definition) is 4. The molecular formula is C14H28N2O2. The molecule has 0 aromatic carbocycles. The lowest BCUT2D eigenvalue weighted by Gasteiger charge is -2.31. The van der Waals surface area contributed by atoms with E-state index < -0.39 is 0 Å². The van der Waals surface area contributed by atoms with Crippen LogP contribution in [0.4, 0.5) is 0 Å². The van der Waals surface area contributed by atoms with Crippen LogP contribution in [0.2, 0.25) is 0 Å². The maximum absolute atomic E-state index is 9.47. The lowest BCUT2D eigenvalue weighted by Crippen LogP contribution is -2.48. The van der Waals surface area contributed by atoms with Crippen molar-refractivity contribution in [3.05, 3.63) is 0 Å². The molecule has 2 unspecified atom stereocenters. The Morgan fingerprint density at radius 3 is 2.72 bits per heavy atom. The fourth-order valence-corrected chi connectivity index (χ4v) is 3.26. The topological polar surface area (TPSA) is 58.7 Å². The van der Waals surface area contributed by atoms with Gasteiger partial charge in [-0.2, -0.15) is 0 Å². The van der Waals surface area contributed by atoms with Gasteiger partial charge in [0.15, 0.2) is 0 Å². The Balaban J connectivity index is 1.78. The third kappa shape index (κ3) is 3.44. The van der Waals surface area contributed by atoms with Gasteiger partial charge in [-0.05, 0) is 44.6 Å². The van der Waals surface area contributed by atoms with Gasteiger partial charge in [0.1, 0.15) is 0 Å². The summed E-state index contributed by atoms with van der Waals surface area (Å²) in [5.74, 6) is 0.492. The molecular weight excluding hydrogens is 228 g/mol. The van der Waals surface area contributed by atoms with Gasteiger partial charge in [-0.1, -0.05) is 6.42 Å². The normalized spacial score (nSPS) is 32.3. The van der Waals surface area contributed by atoms with Crippen molar-refractivity contribution in [1.82, 2.24) is 4.90 Å². The first-order chi connectivity index (χ1) is 8.69. The quantitative estimate of drug-likeness (QED) is 0.679. The first-order valence-electron chi connectivity index (χ1n) is 7.32. The van der Waals surface area contributed by atoms with Gasteiger partial charge < -0.3 is 15.6 Å². The molecule has 4 nitrogen and oxygen atoms in total. The third-order valence-corrected chi connectivity index (χ3v) is 4.71. The number of ether oxygens (including phenoxy) is 1. The van der Waals surface area contributed by atoms with Gasteiger partial charge in [0.25, 0.3) is 0 Å². The molecule has 2 atom stereocenters. The summed E-state index contributed by atoms with van der Waals surface area (Å²) in [6.07, 6.45) is 7.13. The Labute approximate surface area is 110 Å². The minimum Gasteiger partial charge on any atom is -0.394 e. The largest absolute Gasteiger partial charge is 0.394 e. The van der Waals surface area contributed by atoms with E-state index in [1.807, 2.05) is 0 Å². The predicted molar refractivity (Wildman–Crippen MR) is 72.4 cm³/mol. The Morgan fingerprint density at radius 1 is 1.33 bits per heavy atom. The minimum absolute atomic E-state index is 0.138. The summed E-state index contributed by atoms with van der Waals surface area (Å²) in [7, 11) is 1.76. The number of aliphatic hydroxyl groups is 1. The smallest absolute Gasteiger partial charge is 0.0613 e. The number of hydrogen-bond donors (Lipinski definition) is 2. The highest BCUT2D eigenvalue weighted by Crippen LogP contribution is 2.36. The Hall–Kier alpha value is -0.160. The zero-order valence-electron chi connectivity index (χ0n) is 11.6. The molecule has 0 saturated heterocycles. The Bertz CT molecular complexity index is 258. The second kappa shape index (κ2) is 6.33. The first kappa shape index (κ1) is 14.3. The molecule has 0 radical (unpaired) electrons. The zero-order chi connectivity index (χ0) is 13.0. The van der Waals surface area contributed by atoms with Crippen molar-refractivity contribution < 1.29 is 9.84 Å². The Morgan fingerprint density at radius 2 is 2.11 bits per heavy atom. The van der Waals surface area contributed by atoms with Gasteiger partial charge in [-0.3, -0.25) is 4.90 Å². The lowest BCUT2D eigenvalue weighted by atomic mass is 9.86. The van der Waals surface area contributed by atoms with Crippen molar-refractivity contribution in [3.63, 3.8) is 0 Å². The molecule has 2 fully saturated rings. The molecule has 0 aromatic rings. The van der Waals surface area contributed by atoms with Crippen LogP contribution in [0.5, 0.6) is 0 Å². The maximum atomic E-state index is 9.47. The SMILES string of the molecule is COCCN(CCC1CCCC1(N)CO)C1CC1. The van der Waals surface area contributed by atoms with Crippen LogP contribution in [0, 0.1) is 5.92 Å². The second-order valence-electron chi connectivity index (χ2n) is 6.03. The van der Waals surface area contributed by atoms with E-state index in [-0.39, 0.29) is 12.1 Å². The van der Waals surface area contributed by atoms with Crippen molar-refractivity contribution in [2.75, 3.05) is 33.4 Å². The molecule has 4 heteroatoms. The minimum atomic E-state index is -0.309. The molecule has 2 aliphatic rings. The molecule has 2 rings (SSSR count).